The summed E-state index contributed by atoms with van der Waals surface area (Å²) in [5, 5.41) is 3.57. The Morgan fingerprint density at radius 3 is 2.53 bits per heavy atom. The number of halogens is 5. The molecular weight excluding hydrogens is 506 g/mol. The Labute approximate surface area is 206 Å². The van der Waals surface area contributed by atoms with Crippen molar-refractivity contribution in [1.29, 1.82) is 0 Å². The van der Waals surface area contributed by atoms with E-state index in [4.69, 9.17) is 21.1 Å². The summed E-state index contributed by atoms with van der Waals surface area (Å²) in [5.74, 6) is -1.06. The zero-order valence-electron chi connectivity index (χ0n) is 18.7. The van der Waals surface area contributed by atoms with E-state index in [0.717, 1.165) is 22.9 Å². The van der Waals surface area contributed by atoms with Crippen molar-refractivity contribution < 1.29 is 27.0 Å². The lowest BCUT2D eigenvalue weighted by atomic mass is 10.2. The standard InChI is InChI=1S/C23H18ClF4N5O3/c1-32-11-14(9-30-32)12-33-13-20(25)21(31-22(33)34)35-7-6-15-2-3-17(10-29-15)36-16-4-5-19(24)18(8-16)23(26,27)28/h2-5,8-11,13H,6-7,12H2,1H3. The number of pyridine rings is 1. The van der Waals surface area contributed by atoms with E-state index < -0.39 is 34.1 Å². The number of nitrogens with zero attached hydrogens (tertiary/aromatic N) is 5. The zero-order valence-corrected chi connectivity index (χ0v) is 19.4. The lowest BCUT2D eigenvalue weighted by Gasteiger charge is -2.12. The fraction of sp³-hybridized carbons (Fsp3) is 0.217. The maximum absolute atomic E-state index is 14.4. The summed E-state index contributed by atoms with van der Waals surface area (Å²) >= 11 is 5.61. The highest BCUT2D eigenvalue weighted by molar-refractivity contribution is 6.31. The van der Waals surface area contributed by atoms with Gasteiger partial charge in [0, 0.05) is 30.9 Å². The van der Waals surface area contributed by atoms with E-state index in [1.54, 1.807) is 30.2 Å². The molecule has 188 valence electrons. The quantitative estimate of drug-likeness (QED) is 0.313. The van der Waals surface area contributed by atoms with Gasteiger partial charge in [-0.3, -0.25) is 14.2 Å². The molecule has 0 saturated heterocycles. The van der Waals surface area contributed by atoms with Gasteiger partial charge < -0.3 is 9.47 Å². The minimum atomic E-state index is -4.61. The second kappa shape index (κ2) is 10.4. The number of benzene rings is 1. The highest BCUT2D eigenvalue weighted by Gasteiger charge is 2.33. The Kier molecular flexibility index (Phi) is 7.25. The van der Waals surface area contributed by atoms with E-state index in [1.165, 1.54) is 18.3 Å². The monoisotopic (exact) mass is 523 g/mol. The zero-order chi connectivity index (χ0) is 25.9. The topological polar surface area (TPSA) is 84.1 Å². The van der Waals surface area contributed by atoms with E-state index in [2.05, 4.69) is 15.1 Å². The summed E-state index contributed by atoms with van der Waals surface area (Å²) < 4.78 is 66.8. The van der Waals surface area contributed by atoms with E-state index in [-0.39, 0.29) is 31.1 Å². The van der Waals surface area contributed by atoms with Crippen molar-refractivity contribution in [2.45, 2.75) is 19.1 Å². The molecule has 0 radical (unpaired) electrons. The van der Waals surface area contributed by atoms with Crippen molar-refractivity contribution >= 4 is 11.6 Å². The Balaban J connectivity index is 1.34. The number of hydrogen-bond acceptors (Lipinski definition) is 6. The molecule has 13 heteroatoms. The lowest BCUT2D eigenvalue weighted by Crippen LogP contribution is -2.24. The molecule has 3 heterocycles. The predicted molar refractivity (Wildman–Crippen MR) is 121 cm³/mol. The van der Waals surface area contributed by atoms with Crippen LogP contribution in [-0.2, 0) is 26.2 Å². The molecule has 0 N–H and O–H groups in total. The molecule has 0 amide bonds. The molecule has 36 heavy (non-hydrogen) atoms. The molecule has 0 fully saturated rings. The number of hydrogen-bond donors (Lipinski definition) is 0. The van der Waals surface area contributed by atoms with Gasteiger partial charge in [0.05, 0.1) is 42.3 Å². The van der Waals surface area contributed by atoms with Crippen LogP contribution in [0.3, 0.4) is 0 Å². The molecule has 0 saturated carbocycles. The summed E-state index contributed by atoms with van der Waals surface area (Å²) in [6.45, 7) is 0.0953. The van der Waals surface area contributed by atoms with E-state index in [1.807, 2.05) is 0 Å². The third-order valence-corrected chi connectivity index (χ3v) is 5.23. The third kappa shape index (κ3) is 6.19. The number of rotatable bonds is 8. The Hall–Kier alpha value is -3.93. The summed E-state index contributed by atoms with van der Waals surface area (Å²) in [6, 6.07) is 6.31. The van der Waals surface area contributed by atoms with Gasteiger partial charge in [-0.05, 0) is 30.3 Å². The average molecular weight is 524 g/mol. The first-order valence-electron chi connectivity index (χ1n) is 10.5. The first-order valence-corrected chi connectivity index (χ1v) is 10.8. The molecule has 4 aromatic rings. The number of ether oxygens (including phenoxy) is 2. The van der Waals surface area contributed by atoms with Gasteiger partial charge >= 0.3 is 11.9 Å². The van der Waals surface area contributed by atoms with Crippen LogP contribution in [0.5, 0.6) is 17.4 Å². The number of aryl methyl sites for hydroxylation is 1. The second-order valence-corrected chi connectivity index (χ2v) is 8.06. The van der Waals surface area contributed by atoms with Gasteiger partial charge in [-0.25, -0.2) is 4.79 Å². The van der Waals surface area contributed by atoms with Crippen molar-refractivity contribution in [1.82, 2.24) is 24.3 Å². The maximum Gasteiger partial charge on any atom is 0.417 e. The van der Waals surface area contributed by atoms with Gasteiger partial charge in [0.15, 0.2) is 0 Å². The van der Waals surface area contributed by atoms with Crippen molar-refractivity contribution in [2.24, 2.45) is 7.05 Å². The van der Waals surface area contributed by atoms with Gasteiger partial charge in [0.1, 0.15) is 11.5 Å². The Bertz CT molecular complexity index is 1420. The molecule has 0 spiro atoms. The molecule has 1 aromatic carbocycles. The van der Waals surface area contributed by atoms with Crippen LogP contribution in [0.4, 0.5) is 17.6 Å². The van der Waals surface area contributed by atoms with Crippen molar-refractivity contribution in [3.63, 3.8) is 0 Å². The lowest BCUT2D eigenvalue weighted by molar-refractivity contribution is -0.137. The molecule has 3 aromatic heterocycles. The molecule has 0 bridgehead atoms. The fourth-order valence-electron chi connectivity index (χ4n) is 3.21. The van der Waals surface area contributed by atoms with E-state index in [9.17, 15) is 22.4 Å². The van der Waals surface area contributed by atoms with Crippen LogP contribution in [-0.4, -0.2) is 30.9 Å². The minimum absolute atomic E-state index is 0.0185. The van der Waals surface area contributed by atoms with Crippen LogP contribution in [0.15, 0.2) is 59.9 Å². The number of alkyl halides is 3. The van der Waals surface area contributed by atoms with Crippen LogP contribution in [0.2, 0.25) is 5.02 Å². The van der Waals surface area contributed by atoms with Crippen LogP contribution in [0.1, 0.15) is 16.8 Å². The Morgan fingerprint density at radius 1 is 1.08 bits per heavy atom. The van der Waals surface area contributed by atoms with Gasteiger partial charge in [0.2, 0.25) is 5.82 Å². The van der Waals surface area contributed by atoms with E-state index >= 15 is 0 Å². The van der Waals surface area contributed by atoms with Gasteiger partial charge in [-0.15, -0.1) is 0 Å². The maximum atomic E-state index is 14.4. The second-order valence-electron chi connectivity index (χ2n) is 7.65. The van der Waals surface area contributed by atoms with Crippen LogP contribution >= 0.6 is 11.6 Å². The van der Waals surface area contributed by atoms with Crippen molar-refractivity contribution in [3.05, 3.63) is 93.3 Å². The van der Waals surface area contributed by atoms with E-state index in [0.29, 0.717) is 11.3 Å². The third-order valence-electron chi connectivity index (χ3n) is 4.90. The van der Waals surface area contributed by atoms with Crippen molar-refractivity contribution in [3.8, 4) is 17.4 Å². The van der Waals surface area contributed by atoms with Gasteiger partial charge in [-0.2, -0.15) is 27.6 Å². The summed E-state index contributed by atoms with van der Waals surface area (Å²) in [4.78, 5) is 20.0. The molecule has 8 nitrogen and oxygen atoms in total. The molecule has 0 aliphatic heterocycles. The average Bonchev–Trinajstić information content (AvgIpc) is 3.23. The molecule has 0 aliphatic carbocycles. The first-order chi connectivity index (χ1) is 17.1. The van der Waals surface area contributed by atoms with Crippen molar-refractivity contribution in [2.75, 3.05) is 6.61 Å². The number of aromatic nitrogens is 5. The molecular formula is C23H18ClF4N5O3. The fourth-order valence-corrected chi connectivity index (χ4v) is 3.43. The highest BCUT2D eigenvalue weighted by atomic mass is 35.5. The summed E-state index contributed by atoms with van der Waals surface area (Å²) in [6.07, 6.45) is 1.25. The van der Waals surface area contributed by atoms with Gasteiger partial charge in [0.25, 0.3) is 5.88 Å². The normalized spacial score (nSPS) is 11.5. The summed E-state index contributed by atoms with van der Waals surface area (Å²) in [5.41, 5.74) is -0.427. The smallest absolute Gasteiger partial charge is 0.417 e. The molecule has 0 aliphatic rings. The van der Waals surface area contributed by atoms with Crippen LogP contribution in [0, 0.1) is 5.82 Å². The molecule has 4 rings (SSSR count). The minimum Gasteiger partial charge on any atom is -0.475 e. The molecule has 0 atom stereocenters. The SMILES string of the molecule is Cn1cc(Cn2cc(F)c(OCCc3ccc(Oc4ccc(Cl)c(C(F)(F)F)c4)cn3)nc2=O)cn1. The first kappa shape index (κ1) is 25.2. The van der Waals surface area contributed by atoms with Crippen LogP contribution in [0.25, 0.3) is 0 Å². The highest BCUT2D eigenvalue weighted by Crippen LogP contribution is 2.37. The van der Waals surface area contributed by atoms with Crippen LogP contribution < -0.4 is 15.2 Å². The molecule has 0 unspecified atom stereocenters. The van der Waals surface area contributed by atoms with Gasteiger partial charge in [-0.1, -0.05) is 11.6 Å². The summed E-state index contributed by atoms with van der Waals surface area (Å²) in [7, 11) is 1.73. The largest absolute Gasteiger partial charge is 0.475 e. The predicted octanol–water partition coefficient (Wildman–Crippen LogP) is 4.65. The Morgan fingerprint density at radius 2 is 1.86 bits per heavy atom.